The Kier molecular flexibility index (Phi) is 13.8. The standard InChI is InChI=1S/C33H48Br2O5/c1-9-37-25-15-23(17-27(19-25)39-13-11-32(3,4)5)29(21-34)31(36)30(22-35)24-16-26(38-10-2)20-28(18-24)40-14-12-33(6,7)8/h15-20,29-30H,9-14,21-22H2,1-8H3. The van der Waals surface area contributed by atoms with E-state index in [9.17, 15) is 4.79 Å². The van der Waals surface area contributed by atoms with Gasteiger partial charge in [-0.15, -0.1) is 0 Å². The van der Waals surface area contributed by atoms with Gasteiger partial charge < -0.3 is 18.9 Å². The molecule has 2 atom stereocenters. The van der Waals surface area contributed by atoms with Crippen LogP contribution in [0.1, 0.15) is 91.2 Å². The summed E-state index contributed by atoms with van der Waals surface area (Å²) in [4.78, 5) is 14.1. The van der Waals surface area contributed by atoms with Crippen LogP contribution in [-0.4, -0.2) is 42.9 Å². The second kappa shape index (κ2) is 16.1. The van der Waals surface area contributed by atoms with E-state index in [4.69, 9.17) is 18.9 Å². The lowest BCUT2D eigenvalue weighted by Gasteiger charge is -2.23. The first-order chi connectivity index (χ1) is 18.8. The number of Topliss-reactive ketones (excluding diaryl/α,β-unsaturated/α-hetero) is 1. The van der Waals surface area contributed by atoms with Gasteiger partial charge >= 0.3 is 0 Å². The predicted octanol–water partition coefficient (Wildman–Crippen LogP) is 9.34. The molecule has 0 fully saturated rings. The van der Waals surface area contributed by atoms with Crippen molar-refractivity contribution in [1.29, 1.82) is 0 Å². The van der Waals surface area contributed by atoms with Crippen molar-refractivity contribution < 1.29 is 23.7 Å². The highest BCUT2D eigenvalue weighted by molar-refractivity contribution is 9.09. The SMILES string of the molecule is CCOc1cc(OCCC(C)(C)C)cc(C(CBr)C(=O)C(CBr)c2cc(OCC)cc(OCCC(C)(C)C)c2)c1. The summed E-state index contributed by atoms with van der Waals surface area (Å²) in [7, 11) is 0. The average Bonchev–Trinajstić information content (AvgIpc) is 2.84. The molecule has 224 valence electrons. The first-order valence-corrected chi connectivity index (χ1v) is 16.5. The highest BCUT2D eigenvalue weighted by Gasteiger charge is 2.30. The minimum atomic E-state index is -0.395. The lowest BCUT2D eigenvalue weighted by Crippen LogP contribution is -2.23. The molecular weight excluding hydrogens is 636 g/mol. The van der Waals surface area contributed by atoms with E-state index in [0.29, 0.717) is 60.1 Å². The third-order valence-corrected chi connectivity index (χ3v) is 7.76. The second-order valence-electron chi connectivity index (χ2n) is 12.5. The molecule has 2 aromatic carbocycles. The van der Waals surface area contributed by atoms with Gasteiger partial charge in [0.05, 0.1) is 38.3 Å². The summed E-state index contributed by atoms with van der Waals surface area (Å²) in [6.07, 6.45) is 1.84. The molecule has 5 nitrogen and oxygen atoms in total. The Bertz CT molecular complexity index is 988. The van der Waals surface area contributed by atoms with Gasteiger partial charge in [0.1, 0.15) is 28.8 Å². The van der Waals surface area contributed by atoms with Crippen LogP contribution >= 0.6 is 31.9 Å². The zero-order valence-corrected chi connectivity index (χ0v) is 28.7. The predicted molar refractivity (Wildman–Crippen MR) is 172 cm³/mol. The van der Waals surface area contributed by atoms with Gasteiger partial charge in [-0.3, -0.25) is 4.79 Å². The molecule has 0 aliphatic carbocycles. The lowest BCUT2D eigenvalue weighted by molar-refractivity contribution is -0.121. The van der Waals surface area contributed by atoms with Crippen molar-refractivity contribution in [2.75, 3.05) is 37.1 Å². The maximum Gasteiger partial charge on any atom is 0.149 e. The normalized spacial score (nSPS) is 13.4. The van der Waals surface area contributed by atoms with Gasteiger partial charge in [-0.25, -0.2) is 0 Å². The van der Waals surface area contributed by atoms with Crippen LogP contribution in [0.4, 0.5) is 0 Å². The van der Waals surface area contributed by atoms with E-state index < -0.39 is 11.8 Å². The smallest absolute Gasteiger partial charge is 0.149 e. The van der Waals surface area contributed by atoms with Gasteiger partial charge in [0.25, 0.3) is 0 Å². The largest absolute Gasteiger partial charge is 0.494 e. The number of hydrogen-bond acceptors (Lipinski definition) is 5. The van der Waals surface area contributed by atoms with E-state index in [1.165, 1.54) is 0 Å². The molecule has 0 aliphatic heterocycles. The van der Waals surface area contributed by atoms with Crippen molar-refractivity contribution in [2.24, 2.45) is 10.8 Å². The van der Waals surface area contributed by atoms with Gasteiger partial charge in [0.15, 0.2) is 0 Å². The van der Waals surface area contributed by atoms with E-state index in [1.807, 2.05) is 50.2 Å². The molecule has 7 heteroatoms. The number of carbonyl (C=O) groups is 1. The molecule has 2 aromatic rings. The highest BCUT2D eigenvalue weighted by atomic mass is 79.9. The van der Waals surface area contributed by atoms with Crippen LogP contribution in [-0.2, 0) is 4.79 Å². The summed E-state index contributed by atoms with van der Waals surface area (Å²) in [6.45, 7) is 19.3. The molecule has 2 rings (SSSR count). The first-order valence-electron chi connectivity index (χ1n) is 14.3. The van der Waals surface area contributed by atoms with Gasteiger partial charge in [-0.2, -0.15) is 0 Å². The summed E-state index contributed by atoms with van der Waals surface area (Å²) < 4.78 is 24.0. The quantitative estimate of drug-likeness (QED) is 0.165. The number of carbonyl (C=O) groups excluding carboxylic acids is 1. The van der Waals surface area contributed by atoms with Crippen molar-refractivity contribution in [3.8, 4) is 23.0 Å². The molecule has 0 radical (unpaired) electrons. The molecule has 2 unspecified atom stereocenters. The zero-order chi connectivity index (χ0) is 29.9. The number of hydrogen-bond donors (Lipinski definition) is 0. The Morgan fingerprint density at radius 3 is 1.23 bits per heavy atom. The summed E-state index contributed by atoms with van der Waals surface area (Å²) in [5, 5.41) is 0.957. The van der Waals surface area contributed by atoms with Crippen molar-refractivity contribution in [1.82, 2.24) is 0 Å². The Morgan fingerprint density at radius 2 is 0.950 bits per heavy atom. The van der Waals surface area contributed by atoms with Crippen molar-refractivity contribution in [2.45, 2.75) is 80.1 Å². The van der Waals surface area contributed by atoms with Crippen LogP contribution in [0.25, 0.3) is 0 Å². The summed E-state index contributed by atoms with van der Waals surface area (Å²) in [5.41, 5.74) is 2.08. The molecule has 0 aliphatic rings. The van der Waals surface area contributed by atoms with Crippen LogP contribution in [0.5, 0.6) is 23.0 Å². The molecule has 0 amide bonds. The van der Waals surface area contributed by atoms with Crippen LogP contribution < -0.4 is 18.9 Å². The van der Waals surface area contributed by atoms with Crippen LogP contribution in [0, 0.1) is 10.8 Å². The number of halogens is 2. The van der Waals surface area contributed by atoms with Crippen LogP contribution in [0.2, 0.25) is 0 Å². The fourth-order valence-electron chi connectivity index (χ4n) is 4.11. The average molecular weight is 685 g/mol. The summed E-state index contributed by atoms with van der Waals surface area (Å²) in [5.74, 6) is 2.14. The van der Waals surface area contributed by atoms with Gasteiger partial charge in [0.2, 0.25) is 0 Å². The van der Waals surface area contributed by atoms with Crippen molar-refractivity contribution >= 4 is 37.6 Å². The van der Waals surface area contributed by atoms with Crippen LogP contribution in [0.15, 0.2) is 36.4 Å². The van der Waals surface area contributed by atoms with E-state index in [1.54, 1.807) is 0 Å². The molecule has 40 heavy (non-hydrogen) atoms. The number of ketones is 1. The van der Waals surface area contributed by atoms with Crippen molar-refractivity contribution in [3.63, 3.8) is 0 Å². The number of alkyl halides is 2. The number of rotatable bonds is 16. The summed E-state index contributed by atoms with van der Waals surface area (Å²) >= 11 is 7.26. The fraction of sp³-hybridized carbons (Fsp3) is 0.606. The molecule has 0 N–H and O–H groups in total. The maximum absolute atomic E-state index is 14.1. The minimum absolute atomic E-state index is 0.0947. The van der Waals surface area contributed by atoms with E-state index in [0.717, 1.165) is 24.0 Å². The van der Waals surface area contributed by atoms with Crippen LogP contribution in [0.3, 0.4) is 0 Å². The van der Waals surface area contributed by atoms with E-state index in [2.05, 4.69) is 73.4 Å². The Balaban J connectivity index is 2.39. The van der Waals surface area contributed by atoms with Gasteiger partial charge in [0, 0.05) is 22.8 Å². The number of ether oxygens (including phenoxy) is 4. The molecule has 0 heterocycles. The fourth-order valence-corrected chi connectivity index (χ4v) is 5.49. The summed E-state index contributed by atoms with van der Waals surface area (Å²) in [6, 6.07) is 11.6. The third-order valence-electron chi connectivity index (χ3n) is 6.47. The van der Waals surface area contributed by atoms with Gasteiger partial charge in [-0.05, 0) is 72.9 Å². The molecule has 0 aromatic heterocycles. The maximum atomic E-state index is 14.1. The lowest BCUT2D eigenvalue weighted by atomic mass is 9.85. The topological polar surface area (TPSA) is 54.0 Å². The second-order valence-corrected chi connectivity index (χ2v) is 13.8. The molecule has 0 saturated carbocycles. The van der Waals surface area contributed by atoms with E-state index in [-0.39, 0.29) is 16.6 Å². The highest BCUT2D eigenvalue weighted by Crippen LogP contribution is 2.36. The minimum Gasteiger partial charge on any atom is -0.494 e. The van der Waals surface area contributed by atoms with E-state index >= 15 is 0 Å². The Hall–Kier alpha value is -1.73. The Labute approximate surface area is 259 Å². The molecule has 0 spiro atoms. The molecule has 0 bridgehead atoms. The molecular formula is C33H48Br2O5. The van der Waals surface area contributed by atoms with Crippen molar-refractivity contribution in [3.05, 3.63) is 47.5 Å². The monoisotopic (exact) mass is 682 g/mol. The first kappa shape index (κ1) is 34.5. The Morgan fingerprint density at radius 1 is 0.625 bits per heavy atom. The molecule has 0 saturated heterocycles. The number of benzene rings is 2. The third kappa shape index (κ3) is 11.6. The van der Waals surface area contributed by atoms with Gasteiger partial charge in [-0.1, -0.05) is 73.4 Å². The zero-order valence-electron chi connectivity index (χ0n) is 25.6.